The summed E-state index contributed by atoms with van der Waals surface area (Å²) < 4.78 is 4.92. The third kappa shape index (κ3) is 4.94. The SMILES string of the molecule is CCOC(=O)C(C)NCCCN1CCCC1. The maximum absolute atomic E-state index is 11.3. The van der Waals surface area contributed by atoms with E-state index in [2.05, 4.69) is 10.2 Å². The second-order valence-corrected chi connectivity index (χ2v) is 4.33. The van der Waals surface area contributed by atoms with Gasteiger partial charge in [-0.15, -0.1) is 0 Å². The van der Waals surface area contributed by atoms with Crippen molar-refractivity contribution in [1.29, 1.82) is 0 Å². The molecule has 0 amide bonds. The van der Waals surface area contributed by atoms with Crippen LogP contribution in [0.4, 0.5) is 0 Å². The van der Waals surface area contributed by atoms with Crippen molar-refractivity contribution in [1.82, 2.24) is 10.2 Å². The standard InChI is InChI=1S/C12H24N2O2/c1-3-16-12(15)11(2)13-7-6-10-14-8-4-5-9-14/h11,13H,3-10H2,1-2H3. The molecular weight excluding hydrogens is 204 g/mol. The molecule has 1 unspecified atom stereocenters. The van der Waals surface area contributed by atoms with E-state index in [9.17, 15) is 4.79 Å². The van der Waals surface area contributed by atoms with E-state index in [1.54, 1.807) is 0 Å². The number of rotatable bonds is 7. The first-order chi connectivity index (χ1) is 7.74. The summed E-state index contributed by atoms with van der Waals surface area (Å²) in [5.41, 5.74) is 0. The van der Waals surface area contributed by atoms with Gasteiger partial charge in [0, 0.05) is 0 Å². The fraction of sp³-hybridized carbons (Fsp3) is 0.917. The number of hydrogen-bond acceptors (Lipinski definition) is 4. The van der Waals surface area contributed by atoms with Gasteiger partial charge in [-0.1, -0.05) is 0 Å². The third-order valence-corrected chi connectivity index (χ3v) is 2.94. The number of carbonyl (C=O) groups excluding carboxylic acids is 1. The van der Waals surface area contributed by atoms with Gasteiger partial charge in [0.25, 0.3) is 0 Å². The molecule has 0 bridgehead atoms. The Morgan fingerprint density at radius 2 is 2.12 bits per heavy atom. The third-order valence-electron chi connectivity index (χ3n) is 2.94. The molecule has 4 heteroatoms. The van der Waals surface area contributed by atoms with Crippen molar-refractivity contribution in [3.63, 3.8) is 0 Å². The van der Waals surface area contributed by atoms with E-state index in [0.717, 1.165) is 19.5 Å². The van der Waals surface area contributed by atoms with Gasteiger partial charge in [0.1, 0.15) is 6.04 Å². The number of hydrogen-bond donors (Lipinski definition) is 1. The average molecular weight is 228 g/mol. The summed E-state index contributed by atoms with van der Waals surface area (Å²) in [5.74, 6) is -0.149. The molecule has 0 radical (unpaired) electrons. The van der Waals surface area contributed by atoms with Gasteiger partial charge in [0.05, 0.1) is 6.61 Å². The lowest BCUT2D eigenvalue weighted by Gasteiger charge is -2.16. The molecule has 16 heavy (non-hydrogen) atoms. The molecule has 4 nitrogen and oxygen atoms in total. The number of likely N-dealkylation sites (tertiary alicyclic amines) is 1. The Morgan fingerprint density at radius 1 is 1.44 bits per heavy atom. The van der Waals surface area contributed by atoms with Gasteiger partial charge in [-0.2, -0.15) is 0 Å². The predicted octanol–water partition coefficient (Wildman–Crippen LogP) is 1.01. The van der Waals surface area contributed by atoms with Crippen LogP contribution in [0.3, 0.4) is 0 Å². The zero-order valence-corrected chi connectivity index (χ0v) is 10.5. The van der Waals surface area contributed by atoms with Crippen molar-refractivity contribution in [2.24, 2.45) is 0 Å². The summed E-state index contributed by atoms with van der Waals surface area (Å²) in [6.07, 6.45) is 3.78. The maximum atomic E-state index is 11.3. The van der Waals surface area contributed by atoms with E-state index in [-0.39, 0.29) is 12.0 Å². The monoisotopic (exact) mass is 228 g/mol. The van der Waals surface area contributed by atoms with E-state index in [1.807, 2.05) is 13.8 Å². The number of nitrogens with zero attached hydrogens (tertiary/aromatic N) is 1. The highest BCUT2D eigenvalue weighted by molar-refractivity contribution is 5.75. The van der Waals surface area contributed by atoms with Crippen molar-refractivity contribution in [3.05, 3.63) is 0 Å². The Labute approximate surface area is 98.3 Å². The highest BCUT2D eigenvalue weighted by atomic mass is 16.5. The van der Waals surface area contributed by atoms with Crippen LogP contribution in [-0.2, 0) is 9.53 Å². The summed E-state index contributed by atoms with van der Waals surface area (Å²) in [6, 6.07) is -0.182. The molecule has 0 spiro atoms. The first-order valence-corrected chi connectivity index (χ1v) is 6.36. The minimum Gasteiger partial charge on any atom is -0.465 e. The zero-order valence-electron chi connectivity index (χ0n) is 10.5. The number of nitrogens with one attached hydrogen (secondary N) is 1. The van der Waals surface area contributed by atoms with E-state index in [0.29, 0.717) is 6.61 Å². The second kappa shape index (κ2) is 7.63. The Kier molecular flexibility index (Phi) is 6.42. The quantitative estimate of drug-likeness (QED) is 0.522. The molecule has 1 fully saturated rings. The summed E-state index contributed by atoms with van der Waals surface area (Å²) in [4.78, 5) is 13.8. The molecule has 1 aliphatic rings. The van der Waals surface area contributed by atoms with Gasteiger partial charge in [-0.05, 0) is 59.3 Å². The molecule has 1 N–H and O–H groups in total. The lowest BCUT2D eigenvalue weighted by atomic mass is 10.3. The Morgan fingerprint density at radius 3 is 2.75 bits per heavy atom. The van der Waals surface area contributed by atoms with Crippen LogP contribution in [0.25, 0.3) is 0 Å². The zero-order chi connectivity index (χ0) is 11.8. The summed E-state index contributed by atoms with van der Waals surface area (Å²) in [6.45, 7) is 8.66. The van der Waals surface area contributed by atoms with Crippen LogP contribution >= 0.6 is 0 Å². The summed E-state index contributed by atoms with van der Waals surface area (Å²) in [7, 11) is 0. The maximum Gasteiger partial charge on any atom is 0.322 e. The van der Waals surface area contributed by atoms with E-state index in [1.165, 1.54) is 25.9 Å². The van der Waals surface area contributed by atoms with Crippen LogP contribution in [-0.4, -0.2) is 49.7 Å². The summed E-state index contributed by atoms with van der Waals surface area (Å²) >= 11 is 0. The summed E-state index contributed by atoms with van der Waals surface area (Å²) in [5, 5.41) is 3.19. The molecular formula is C12H24N2O2. The first kappa shape index (κ1) is 13.5. The van der Waals surface area contributed by atoms with Crippen molar-refractivity contribution >= 4 is 5.97 Å². The number of carbonyl (C=O) groups is 1. The highest BCUT2D eigenvalue weighted by Crippen LogP contribution is 2.06. The van der Waals surface area contributed by atoms with Gasteiger partial charge < -0.3 is 15.0 Å². The molecule has 1 rings (SSSR count). The van der Waals surface area contributed by atoms with E-state index in [4.69, 9.17) is 4.74 Å². The minimum absolute atomic E-state index is 0.149. The lowest BCUT2D eigenvalue weighted by molar-refractivity contribution is -0.145. The van der Waals surface area contributed by atoms with Crippen LogP contribution in [0, 0.1) is 0 Å². The molecule has 94 valence electrons. The largest absolute Gasteiger partial charge is 0.465 e. The van der Waals surface area contributed by atoms with Crippen molar-refractivity contribution < 1.29 is 9.53 Å². The minimum atomic E-state index is -0.182. The van der Waals surface area contributed by atoms with Gasteiger partial charge in [-0.3, -0.25) is 4.79 Å². The van der Waals surface area contributed by atoms with Crippen LogP contribution in [0.15, 0.2) is 0 Å². The second-order valence-electron chi connectivity index (χ2n) is 4.33. The van der Waals surface area contributed by atoms with E-state index >= 15 is 0 Å². The molecule has 1 saturated heterocycles. The Hall–Kier alpha value is -0.610. The van der Waals surface area contributed by atoms with Crippen molar-refractivity contribution in [2.45, 2.75) is 39.2 Å². The molecule has 0 aromatic heterocycles. The molecule has 0 saturated carbocycles. The van der Waals surface area contributed by atoms with Crippen LogP contribution < -0.4 is 5.32 Å². The predicted molar refractivity (Wildman–Crippen MR) is 64.4 cm³/mol. The topological polar surface area (TPSA) is 41.6 Å². The lowest BCUT2D eigenvalue weighted by Crippen LogP contribution is -2.37. The molecule has 0 aliphatic carbocycles. The molecule has 1 heterocycles. The Bertz CT molecular complexity index is 203. The Balaban J connectivity index is 1.99. The average Bonchev–Trinajstić information content (AvgIpc) is 2.77. The molecule has 0 aromatic rings. The van der Waals surface area contributed by atoms with Crippen molar-refractivity contribution in [2.75, 3.05) is 32.8 Å². The molecule has 0 aromatic carbocycles. The van der Waals surface area contributed by atoms with Crippen molar-refractivity contribution in [3.8, 4) is 0 Å². The van der Waals surface area contributed by atoms with Gasteiger partial charge >= 0.3 is 5.97 Å². The molecule has 1 atom stereocenters. The van der Waals surface area contributed by atoms with Gasteiger partial charge in [0.15, 0.2) is 0 Å². The fourth-order valence-electron chi connectivity index (χ4n) is 1.98. The van der Waals surface area contributed by atoms with Gasteiger partial charge in [-0.25, -0.2) is 0 Å². The van der Waals surface area contributed by atoms with Gasteiger partial charge in [0.2, 0.25) is 0 Å². The fourth-order valence-corrected chi connectivity index (χ4v) is 1.98. The van der Waals surface area contributed by atoms with Crippen LogP contribution in [0.2, 0.25) is 0 Å². The number of ether oxygens (including phenoxy) is 1. The van der Waals surface area contributed by atoms with Crippen LogP contribution in [0.5, 0.6) is 0 Å². The van der Waals surface area contributed by atoms with Crippen LogP contribution in [0.1, 0.15) is 33.1 Å². The molecule has 1 aliphatic heterocycles. The smallest absolute Gasteiger partial charge is 0.322 e. The normalized spacial score (nSPS) is 18.6. The highest BCUT2D eigenvalue weighted by Gasteiger charge is 2.13. The van der Waals surface area contributed by atoms with E-state index < -0.39 is 0 Å². The first-order valence-electron chi connectivity index (χ1n) is 6.36. The number of esters is 1.